The van der Waals surface area contributed by atoms with Gasteiger partial charge in [0.05, 0.1) is 17.3 Å². The van der Waals surface area contributed by atoms with Crippen LogP contribution in [0.1, 0.15) is 22.8 Å². The monoisotopic (exact) mass is 267 g/mol. The molecule has 0 fully saturated rings. The van der Waals surface area contributed by atoms with Gasteiger partial charge in [0.1, 0.15) is 5.75 Å². The van der Waals surface area contributed by atoms with Crippen molar-refractivity contribution >= 4 is 21.7 Å². The van der Waals surface area contributed by atoms with E-state index in [9.17, 15) is 9.90 Å². The van der Waals surface area contributed by atoms with Crippen LogP contribution in [0.25, 0.3) is 0 Å². The summed E-state index contributed by atoms with van der Waals surface area (Å²) in [6.45, 7) is 1.71. The lowest BCUT2D eigenvalue weighted by Gasteiger charge is -2.07. The molecule has 1 rings (SSSR count). The van der Waals surface area contributed by atoms with Gasteiger partial charge in [-0.15, -0.1) is 0 Å². The van der Waals surface area contributed by atoms with E-state index in [1.165, 1.54) is 12.1 Å². The molecular weight excluding hydrogens is 258 g/mol. The van der Waals surface area contributed by atoms with Gasteiger partial charge >= 0.3 is 0 Å². The molecule has 0 saturated carbocycles. The van der Waals surface area contributed by atoms with Crippen molar-refractivity contribution < 1.29 is 9.90 Å². The zero-order chi connectivity index (χ0) is 11.4. The maximum Gasteiger partial charge on any atom is 0.176 e. The topological polar surface area (TPSA) is 61.1 Å². The quantitative estimate of drug-likeness (QED) is 0.676. The fourth-order valence-electron chi connectivity index (χ4n) is 1.25. The van der Waals surface area contributed by atoms with Gasteiger partial charge in [0.2, 0.25) is 0 Å². The summed E-state index contributed by atoms with van der Waals surface area (Å²) in [6, 6.07) is 6.46. The minimum Gasteiger partial charge on any atom is -0.508 e. The smallest absolute Gasteiger partial charge is 0.176 e. The minimum absolute atomic E-state index is 0.0354. The molecule has 1 atom stereocenters. The van der Waals surface area contributed by atoms with Crippen molar-refractivity contribution in [2.45, 2.75) is 18.2 Å². The third-order valence-electron chi connectivity index (χ3n) is 1.99. The number of aromatic hydroxyl groups is 1. The Hall–Kier alpha value is -1.34. The molecule has 0 aliphatic carbocycles. The molecule has 0 aromatic heterocycles. The zero-order valence-corrected chi connectivity index (χ0v) is 9.78. The number of alkyl halides is 1. The second kappa shape index (κ2) is 4.94. The number of carbonyl (C=O) groups excluding carboxylic acids is 1. The SMILES string of the molecule is CC(Br)C(=O)c1cc(O)ccc1CC#N. The van der Waals surface area contributed by atoms with Crippen LogP contribution < -0.4 is 0 Å². The van der Waals surface area contributed by atoms with Gasteiger partial charge < -0.3 is 5.11 Å². The number of phenols is 1. The van der Waals surface area contributed by atoms with Gasteiger partial charge in [-0.1, -0.05) is 22.0 Å². The fraction of sp³-hybridized carbons (Fsp3) is 0.273. The number of nitriles is 1. The molecule has 0 radical (unpaired) electrons. The molecular formula is C11H10BrNO2. The van der Waals surface area contributed by atoms with Gasteiger partial charge in [0, 0.05) is 5.56 Å². The molecule has 78 valence electrons. The molecule has 0 aliphatic heterocycles. The van der Waals surface area contributed by atoms with Crippen LogP contribution >= 0.6 is 15.9 Å². The largest absolute Gasteiger partial charge is 0.508 e. The van der Waals surface area contributed by atoms with Crippen LogP contribution in [0.5, 0.6) is 5.75 Å². The van der Waals surface area contributed by atoms with Crippen LogP contribution in [-0.4, -0.2) is 15.7 Å². The van der Waals surface area contributed by atoms with Crippen molar-refractivity contribution in [2.75, 3.05) is 0 Å². The van der Waals surface area contributed by atoms with Crippen molar-refractivity contribution in [3.8, 4) is 11.8 Å². The lowest BCUT2D eigenvalue weighted by molar-refractivity contribution is 0.0994. The number of rotatable bonds is 3. The molecule has 1 aromatic rings. The number of phenolic OH excluding ortho intramolecular Hbond substituents is 1. The highest BCUT2D eigenvalue weighted by atomic mass is 79.9. The van der Waals surface area contributed by atoms with Gasteiger partial charge in [0.15, 0.2) is 5.78 Å². The van der Waals surface area contributed by atoms with E-state index in [-0.39, 0.29) is 22.8 Å². The number of ketones is 1. The van der Waals surface area contributed by atoms with Crippen molar-refractivity contribution in [1.82, 2.24) is 0 Å². The molecule has 0 saturated heterocycles. The maximum atomic E-state index is 11.7. The molecule has 1 N–H and O–H groups in total. The standard InChI is InChI=1S/C11H10BrNO2/c1-7(12)11(15)10-6-9(14)3-2-8(10)4-5-13/h2-3,6-7,14H,4H2,1H3. The van der Waals surface area contributed by atoms with Gasteiger partial charge in [-0.25, -0.2) is 0 Å². The van der Waals surface area contributed by atoms with E-state index < -0.39 is 0 Å². The van der Waals surface area contributed by atoms with Crippen LogP contribution in [-0.2, 0) is 6.42 Å². The third kappa shape index (κ3) is 2.80. The maximum absolute atomic E-state index is 11.7. The van der Waals surface area contributed by atoms with E-state index in [2.05, 4.69) is 15.9 Å². The molecule has 0 aliphatic rings. The highest BCUT2D eigenvalue weighted by Crippen LogP contribution is 2.20. The van der Waals surface area contributed by atoms with Crippen LogP contribution in [0, 0.1) is 11.3 Å². The molecule has 15 heavy (non-hydrogen) atoms. The van der Waals surface area contributed by atoms with Gasteiger partial charge in [-0.2, -0.15) is 5.26 Å². The van der Waals surface area contributed by atoms with E-state index in [0.29, 0.717) is 11.1 Å². The van der Waals surface area contributed by atoms with Crippen molar-refractivity contribution in [2.24, 2.45) is 0 Å². The minimum atomic E-state index is -0.322. The lowest BCUT2D eigenvalue weighted by atomic mass is 10.00. The summed E-state index contributed by atoms with van der Waals surface area (Å²) in [5, 5.41) is 17.9. The van der Waals surface area contributed by atoms with E-state index in [0.717, 1.165) is 0 Å². The van der Waals surface area contributed by atoms with Crippen LogP contribution in [0.4, 0.5) is 0 Å². The van der Waals surface area contributed by atoms with E-state index >= 15 is 0 Å². The number of halogens is 1. The van der Waals surface area contributed by atoms with Gasteiger partial charge in [-0.3, -0.25) is 4.79 Å². The van der Waals surface area contributed by atoms with Crippen LogP contribution in [0.3, 0.4) is 0 Å². The van der Waals surface area contributed by atoms with Crippen molar-refractivity contribution in [3.63, 3.8) is 0 Å². The first-order valence-electron chi connectivity index (χ1n) is 4.43. The molecule has 1 unspecified atom stereocenters. The fourth-order valence-corrected chi connectivity index (χ4v) is 1.49. The molecule has 3 nitrogen and oxygen atoms in total. The first-order chi connectivity index (χ1) is 7.06. The summed E-state index contributed by atoms with van der Waals surface area (Å²) >= 11 is 3.17. The molecule has 0 bridgehead atoms. The summed E-state index contributed by atoms with van der Waals surface area (Å²) in [5.41, 5.74) is 1.05. The number of nitrogens with zero attached hydrogens (tertiary/aromatic N) is 1. The Labute approximate surface area is 96.5 Å². The Bertz CT molecular complexity index is 421. The summed E-state index contributed by atoms with van der Waals surface area (Å²) in [5.74, 6) is -0.0932. The number of benzene rings is 1. The Morgan fingerprint density at radius 3 is 2.87 bits per heavy atom. The number of hydrogen-bond donors (Lipinski definition) is 1. The lowest BCUT2D eigenvalue weighted by Crippen LogP contribution is -2.12. The summed E-state index contributed by atoms with van der Waals surface area (Å²) in [6.07, 6.45) is 0.168. The number of carbonyl (C=O) groups is 1. The summed E-state index contributed by atoms with van der Waals surface area (Å²) in [4.78, 5) is 11.4. The first-order valence-corrected chi connectivity index (χ1v) is 5.35. The summed E-state index contributed by atoms with van der Waals surface area (Å²) in [7, 11) is 0. The van der Waals surface area contributed by atoms with E-state index in [1.54, 1.807) is 13.0 Å². The Kier molecular flexibility index (Phi) is 3.87. The molecule has 4 heteroatoms. The zero-order valence-electron chi connectivity index (χ0n) is 8.20. The van der Waals surface area contributed by atoms with E-state index in [1.807, 2.05) is 6.07 Å². The Morgan fingerprint density at radius 2 is 2.33 bits per heavy atom. The predicted molar refractivity (Wildman–Crippen MR) is 60.1 cm³/mol. The first kappa shape index (κ1) is 11.7. The average Bonchev–Trinajstić information content (AvgIpc) is 2.20. The molecule has 1 aromatic carbocycles. The van der Waals surface area contributed by atoms with E-state index in [4.69, 9.17) is 5.26 Å². The predicted octanol–water partition coefficient (Wildman–Crippen LogP) is 2.42. The highest BCUT2D eigenvalue weighted by molar-refractivity contribution is 9.10. The molecule has 0 spiro atoms. The second-order valence-electron chi connectivity index (χ2n) is 3.16. The van der Waals surface area contributed by atoms with Crippen molar-refractivity contribution in [1.29, 1.82) is 5.26 Å². The average molecular weight is 268 g/mol. The normalized spacial score (nSPS) is 11.8. The second-order valence-corrected chi connectivity index (χ2v) is 4.53. The number of Topliss-reactive ketones (excluding diaryl/α,β-unsaturated/α-hetero) is 1. The van der Waals surface area contributed by atoms with Gasteiger partial charge in [0.25, 0.3) is 0 Å². The highest BCUT2D eigenvalue weighted by Gasteiger charge is 2.16. The molecule has 0 heterocycles. The van der Waals surface area contributed by atoms with Crippen LogP contribution in [0.15, 0.2) is 18.2 Å². The summed E-state index contributed by atoms with van der Waals surface area (Å²) < 4.78 is 0. The molecule has 0 amide bonds. The number of hydrogen-bond acceptors (Lipinski definition) is 3. The van der Waals surface area contributed by atoms with Crippen molar-refractivity contribution in [3.05, 3.63) is 29.3 Å². The Balaban J connectivity index is 3.19. The Morgan fingerprint density at radius 1 is 1.67 bits per heavy atom. The van der Waals surface area contributed by atoms with Crippen LogP contribution in [0.2, 0.25) is 0 Å². The third-order valence-corrected chi connectivity index (χ3v) is 2.41. The van der Waals surface area contributed by atoms with Gasteiger partial charge in [-0.05, 0) is 24.6 Å².